The summed E-state index contributed by atoms with van der Waals surface area (Å²) in [5, 5.41) is 16.9. The zero-order valence-corrected chi connectivity index (χ0v) is 17.7. The fourth-order valence-electron chi connectivity index (χ4n) is 1.23. The number of benzene rings is 2. The molecule has 0 aliphatic heterocycles. The first-order chi connectivity index (χ1) is 10.8. The zero-order valence-electron chi connectivity index (χ0n) is 15.3. The Kier molecular flexibility index (Phi) is 25.5. The first-order valence-corrected chi connectivity index (χ1v) is 7.30. The Morgan fingerprint density at radius 3 is 1.29 bits per heavy atom. The minimum atomic E-state index is 0. The third kappa shape index (κ3) is 12.0. The summed E-state index contributed by atoms with van der Waals surface area (Å²) in [7, 11) is 1.66. The molecule has 0 spiro atoms. The van der Waals surface area contributed by atoms with Crippen LogP contribution in [0.3, 0.4) is 0 Å². The van der Waals surface area contributed by atoms with E-state index in [2.05, 4.69) is 0 Å². The summed E-state index contributed by atoms with van der Waals surface area (Å²) in [6.45, 7) is 8.00. The van der Waals surface area contributed by atoms with Crippen LogP contribution in [0.25, 0.3) is 0 Å². The number of para-hydroxylation sites is 1. The molecule has 0 atom stereocenters. The molecule has 0 saturated carbocycles. The molecular weight excluding hydrogens is 541 g/mol. The molecular formula is C20H27FmN2O-. The standard InChI is InChI=1S/C8H4N2.C7H8O.2C2H6.CH3.Fm/c9-5-7-3-1-2-4-8(7)6-10;1-8-7-5-3-2-4-6-7;2*1-2;;/h1-4H;2-6H,1H3;2*1-2H3;1H3;/q;;;;-1;. The van der Waals surface area contributed by atoms with Gasteiger partial charge in [-0.2, -0.15) is 10.5 Å². The number of nitrogens with zero attached hydrogens (tertiary/aromatic N) is 2. The van der Waals surface area contributed by atoms with E-state index in [0.29, 0.717) is 11.1 Å². The summed E-state index contributed by atoms with van der Waals surface area (Å²) in [4.78, 5) is 0. The van der Waals surface area contributed by atoms with Crippen molar-refractivity contribution < 1.29 is 4.74 Å². The Hall–Kier alpha value is -3.78. The molecule has 2 aromatic carbocycles. The van der Waals surface area contributed by atoms with Gasteiger partial charge in [0.15, 0.2) is 0 Å². The minimum Gasteiger partial charge on any atom is -0.497 e. The monoisotopic (exact) mass is 568 g/mol. The van der Waals surface area contributed by atoms with Crippen LogP contribution in [0.1, 0.15) is 38.8 Å². The van der Waals surface area contributed by atoms with Gasteiger partial charge in [-0.25, -0.2) is 0 Å². The number of hydrogen-bond donors (Lipinski definition) is 0. The number of hydrogen-bond acceptors (Lipinski definition) is 3. The van der Waals surface area contributed by atoms with E-state index in [-0.39, 0.29) is 7.43 Å². The number of ether oxygens (including phenoxy) is 1. The van der Waals surface area contributed by atoms with E-state index in [1.165, 1.54) is 0 Å². The summed E-state index contributed by atoms with van der Waals surface area (Å²) in [6.07, 6.45) is 0. The predicted molar refractivity (Wildman–Crippen MR) is 98.0 cm³/mol. The number of methoxy groups -OCH3 is 1. The van der Waals surface area contributed by atoms with Crippen LogP contribution in [0.4, 0.5) is 0 Å². The van der Waals surface area contributed by atoms with Crippen molar-refractivity contribution in [3.63, 3.8) is 0 Å². The SMILES string of the molecule is CC.CC.COc1ccccc1.N#Cc1ccccc1C#N.[CH3-].[Fm]. The van der Waals surface area contributed by atoms with Crippen molar-refractivity contribution in [2.24, 2.45) is 0 Å². The van der Waals surface area contributed by atoms with Crippen molar-refractivity contribution in [1.82, 2.24) is 0 Å². The second kappa shape index (κ2) is 21.5. The Morgan fingerprint density at radius 1 is 0.708 bits per heavy atom. The van der Waals surface area contributed by atoms with Crippen LogP contribution < -0.4 is 4.74 Å². The molecule has 0 bridgehead atoms. The van der Waals surface area contributed by atoms with Crippen LogP contribution in [0.2, 0.25) is 0 Å². The second-order valence-corrected chi connectivity index (χ2v) is 3.29. The van der Waals surface area contributed by atoms with E-state index in [1.807, 2.05) is 70.2 Å². The summed E-state index contributed by atoms with van der Waals surface area (Å²) < 4.78 is 4.91. The summed E-state index contributed by atoms with van der Waals surface area (Å²) in [5.41, 5.74) is 0.870. The van der Waals surface area contributed by atoms with Gasteiger partial charge in [0.1, 0.15) is 17.9 Å². The van der Waals surface area contributed by atoms with Crippen LogP contribution in [0.15, 0.2) is 54.6 Å². The fraction of sp³-hybridized carbons (Fsp3) is 0.250. The van der Waals surface area contributed by atoms with E-state index in [4.69, 9.17) is 15.3 Å². The van der Waals surface area contributed by atoms with Crippen molar-refractivity contribution in [1.29, 1.82) is 10.5 Å². The van der Waals surface area contributed by atoms with Gasteiger partial charge in [0.2, 0.25) is 0 Å². The van der Waals surface area contributed by atoms with Crippen LogP contribution in [0, 0.1) is 30.1 Å². The molecule has 0 unspecified atom stereocenters. The quantitative estimate of drug-likeness (QED) is 0.420. The van der Waals surface area contributed by atoms with E-state index >= 15 is 0 Å². The normalized spacial score (nSPS) is 6.62. The smallest absolute Gasteiger partial charge is 0.118 e. The molecule has 4 heteroatoms. The van der Waals surface area contributed by atoms with Crippen molar-refractivity contribution in [2.75, 3.05) is 7.11 Å². The molecule has 2 aromatic rings. The zero-order chi connectivity index (χ0) is 17.2. The van der Waals surface area contributed by atoms with Crippen LogP contribution >= 0.6 is 0 Å². The molecule has 3 nitrogen and oxygen atoms in total. The molecule has 0 aromatic heterocycles. The first-order valence-electron chi connectivity index (χ1n) is 7.30. The average Bonchev–Trinajstić information content (AvgIpc) is 2.66. The van der Waals surface area contributed by atoms with Gasteiger partial charge in [0.25, 0.3) is 0 Å². The molecule has 136 valence electrons. The molecule has 0 radical (unpaired) electrons. The Morgan fingerprint density at radius 2 is 1.04 bits per heavy atom. The van der Waals surface area contributed by atoms with Crippen LogP contribution in [-0.4, -0.2) is 7.11 Å². The molecule has 0 fully saturated rings. The van der Waals surface area contributed by atoms with Crippen molar-refractivity contribution in [2.45, 2.75) is 27.7 Å². The largest absolute Gasteiger partial charge is 0.497 e. The van der Waals surface area contributed by atoms with Gasteiger partial charge in [-0.1, -0.05) is 58.0 Å². The van der Waals surface area contributed by atoms with Crippen molar-refractivity contribution >= 4 is 0 Å². The molecule has 2 rings (SSSR count). The Labute approximate surface area is 141 Å². The van der Waals surface area contributed by atoms with E-state index in [9.17, 15) is 0 Å². The van der Waals surface area contributed by atoms with Crippen LogP contribution in [-0.2, 0) is 0 Å². The van der Waals surface area contributed by atoms with Crippen molar-refractivity contribution in [3.8, 4) is 17.9 Å². The van der Waals surface area contributed by atoms with Gasteiger partial charge in [0, 0.05) is 0 Å². The molecule has 0 N–H and O–H groups in total. The maximum absolute atomic E-state index is 8.45. The Bertz CT molecular complexity index is 539. The van der Waals surface area contributed by atoms with E-state index in [0.717, 1.165) is 5.75 Å². The minimum absolute atomic E-state index is 0. The topological polar surface area (TPSA) is 56.8 Å². The molecule has 0 aliphatic rings. The molecule has 0 amide bonds. The van der Waals surface area contributed by atoms with Gasteiger partial charge in [0.05, 0.1) is 18.2 Å². The third-order valence-electron chi connectivity index (χ3n) is 2.15. The maximum Gasteiger partial charge on any atom is 0.118 e. The first kappa shape index (κ1) is 28.4. The molecule has 24 heavy (non-hydrogen) atoms. The predicted octanol–water partition coefficient (Wildman–Crippen LogP) is 5.63. The number of nitriles is 2. The van der Waals surface area contributed by atoms with E-state index in [1.54, 1.807) is 31.4 Å². The van der Waals surface area contributed by atoms with Gasteiger partial charge >= 0.3 is 0 Å². The molecule has 0 aliphatic carbocycles. The second-order valence-electron chi connectivity index (χ2n) is 3.29. The summed E-state index contributed by atoms with van der Waals surface area (Å²) in [6, 6.07) is 20.2. The average molecular weight is 568 g/mol. The van der Waals surface area contributed by atoms with Crippen LogP contribution in [0.5, 0.6) is 5.75 Å². The third-order valence-corrected chi connectivity index (χ3v) is 2.15. The number of rotatable bonds is 1. The van der Waals surface area contributed by atoms with Crippen molar-refractivity contribution in [3.05, 3.63) is 73.2 Å². The summed E-state index contributed by atoms with van der Waals surface area (Å²) >= 11 is 0. The summed E-state index contributed by atoms with van der Waals surface area (Å²) in [5.74, 6) is 0.910. The van der Waals surface area contributed by atoms with Gasteiger partial charge in [-0.05, 0) is 24.3 Å². The Balaban J connectivity index is -0.000000131. The van der Waals surface area contributed by atoms with Gasteiger partial charge in [-0.15, -0.1) is 0 Å². The molecule has 0 saturated heterocycles. The maximum atomic E-state index is 8.45. The molecule has 0 heterocycles. The van der Waals surface area contributed by atoms with E-state index < -0.39 is 0 Å². The van der Waals surface area contributed by atoms with Gasteiger partial charge < -0.3 is 12.2 Å². The van der Waals surface area contributed by atoms with Gasteiger partial charge in [-0.3, -0.25) is 0 Å². The fourth-order valence-corrected chi connectivity index (χ4v) is 1.23.